The van der Waals surface area contributed by atoms with Crippen molar-refractivity contribution in [2.75, 3.05) is 0 Å². The van der Waals surface area contributed by atoms with Gasteiger partial charge in [-0.2, -0.15) is 0 Å². The van der Waals surface area contributed by atoms with E-state index in [4.69, 9.17) is 4.98 Å². The van der Waals surface area contributed by atoms with E-state index in [-0.39, 0.29) is 16.2 Å². The van der Waals surface area contributed by atoms with Crippen molar-refractivity contribution in [1.82, 2.24) is 4.98 Å². The van der Waals surface area contributed by atoms with Crippen molar-refractivity contribution in [3.63, 3.8) is 0 Å². The smallest absolute Gasteiger partial charge is 0.164 e. The van der Waals surface area contributed by atoms with Crippen molar-refractivity contribution in [3.05, 3.63) is 40.5 Å². The zero-order valence-electron chi connectivity index (χ0n) is 22.8. The van der Waals surface area contributed by atoms with E-state index in [1.165, 1.54) is 76.7 Å². The molecule has 1 aromatic heterocycles. The van der Waals surface area contributed by atoms with Crippen molar-refractivity contribution in [1.29, 1.82) is 0 Å². The zero-order valence-corrected chi connectivity index (χ0v) is 22.8. The molecule has 0 N–H and O–H groups in total. The molecular formula is C29H45B2N. The molecule has 0 spiro atoms. The van der Waals surface area contributed by atoms with Crippen LogP contribution >= 0.6 is 0 Å². The lowest BCUT2D eigenvalue weighted by Gasteiger charge is -2.38. The van der Waals surface area contributed by atoms with Crippen molar-refractivity contribution in [3.8, 4) is 11.3 Å². The van der Waals surface area contributed by atoms with Gasteiger partial charge in [0.05, 0.1) is 5.69 Å². The van der Waals surface area contributed by atoms with Crippen LogP contribution in [-0.2, 0) is 16.2 Å². The quantitative estimate of drug-likeness (QED) is 0.624. The van der Waals surface area contributed by atoms with Crippen molar-refractivity contribution in [2.24, 2.45) is 5.92 Å². The Morgan fingerprint density at radius 1 is 0.812 bits per heavy atom. The first-order chi connectivity index (χ1) is 14.7. The number of hydrogen-bond donors (Lipinski definition) is 0. The van der Waals surface area contributed by atoms with Gasteiger partial charge in [0.25, 0.3) is 0 Å². The van der Waals surface area contributed by atoms with Crippen molar-refractivity contribution in [2.45, 2.75) is 111 Å². The van der Waals surface area contributed by atoms with E-state index < -0.39 is 0 Å². The Labute approximate surface area is 200 Å². The number of pyridine rings is 1. The number of rotatable bonds is 3. The molecule has 1 aliphatic rings. The molecule has 1 aliphatic carbocycles. The normalized spacial score (nSPS) is 16.4. The Morgan fingerprint density at radius 2 is 1.38 bits per heavy atom. The maximum Gasteiger partial charge on any atom is 0.164 e. The molecule has 0 amide bonds. The van der Waals surface area contributed by atoms with Crippen LogP contribution in [-0.4, -0.2) is 20.7 Å². The van der Waals surface area contributed by atoms with Crippen LogP contribution in [0.15, 0.2) is 18.2 Å². The highest BCUT2D eigenvalue weighted by atomic mass is 14.7. The summed E-state index contributed by atoms with van der Waals surface area (Å²) < 4.78 is 0. The number of aromatic nitrogens is 1. The highest BCUT2D eigenvalue weighted by molar-refractivity contribution is 6.39. The van der Waals surface area contributed by atoms with E-state index in [2.05, 4.69) is 96.2 Å². The average molecular weight is 429 g/mol. The van der Waals surface area contributed by atoms with Crippen molar-refractivity contribution >= 4 is 26.7 Å². The van der Waals surface area contributed by atoms with Gasteiger partial charge in [0.2, 0.25) is 0 Å². The Morgan fingerprint density at radius 3 is 1.88 bits per heavy atom. The second-order valence-corrected chi connectivity index (χ2v) is 13.0. The fourth-order valence-electron chi connectivity index (χ4n) is 6.30. The van der Waals surface area contributed by atoms with E-state index >= 15 is 0 Å². The van der Waals surface area contributed by atoms with Crippen LogP contribution in [0.3, 0.4) is 0 Å². The molecule has 0 atom stereocenters. The molecule has 0 bridgehead atoms. The van der Waals surface area contributed by atoms with Crippen LogP contribution in [0.1, 0.15) is 110 Å². The summed E-state index contributed by atoms with van der Waals surface area (Å²) in [7, 11) is 4.49. The maximum atomic E-state index is 5.23. The SMILES string of the molecule is Bc1nc(-c2ccc(C(C)(C)C3CCCCC3)cc2C)c(B)c(C(C)(C)C)c1C(C)(C)C. The fourth-order valence-corrected chi connectivity index (χ4v) is 6.30. The number of hydrogen-bond acceptors (Lipinski definition) is 1. The Kier molecular flexibility index (Phi) is 6.83. The van der Waals surface area contributed by atoms with Crippen LogP contribution in [0, 0.1) is 12.8 Å². The predicted octanol–water partition coefficient (Wildman–Crippen LogP) is 5.03. The van der Waals surface area contributed by atoms with E-state index in [1.807, 2.05) is 0 Å². The third-order valence-corrected chi connectivity index (χ3v) is 7.97. The molecule has 2 aromatic rings. The van der Waals surface area contributed by atoms with Gasteiger partial charge in [-0.05, 0) is 69.8 Å². The zero-order chi connectivity index (χ0) is 24.1. The topological polar surface area (TPSA) is 12.9 Å². The van der Waals surface area contributed by atoms with Gasteiger partial charge in [-0.15, -0.1) is 0 Å². The summed E-state index contributed by atoms with van der Waals surface area (Å²) >= 11 is 0. The van der Waals surface area contributed by atoms with E-state index in [0.29, 0.717) is 0 Å². The van der Waals surface area contributed by atoms with Gasteiger partial charge in [0.1, 0.15) is 7.85 Å². The molecule has 0 unspecified atom stereocenters. The molecule has 3 rings (SSSR count). The van der Waals surface area contributed by atoms with Gasteiger partial charge >= 0.3 is 0 Å². The fraction of sp³-hybridized carbons (Fsp3) is 0.621. The average Bonchev–Trinajstić information content (AvgIpc) is 2.68. The van der Waals surface area contributed by atoms with Gasteiger partial charge in [0.15, 0.2) is 7.85 Å². The molecule has 172 valence electrons. The van der Waals surface area contributed by atoms with Gasteiger partial charge in [-0.3, -0.25) is 4.98 Å². The maximum absolute atomic E-state index is 5.23. The van der Waals surface area contributed by atoms with Gasteiger partial charge < -0.3 is 0 Å². The third kappa shape index (κ3) is 4.73. The van der Waals surface area contributed by atoms with Crippen LogP contribution in [0.5, 0.6) is 0 Å². The summed E-state index contributed by atoms with van der Waals surface area (Å²) in [4.78, 5) is 5.23. The highest BCUT2D eigenvalue weighted by Gasteiger charge is 2.33. The summed E-state index contributed by atoms with van der Waals surface area (Å²) in [5, 5.41) is 0. The second kappa shape index (κ2) is 8.69. The molecule has 1 nitrogen and oxygen atoms in total. The van der Waals surface area contributed by atoms with Gasteiger partial charge in [0, 0.05) is 5.56 Å². The predicted molar refractivity (Wildman–Crippen MR) is 148 cm³/mol. The second-order valence-electron chi connectivity index (χ2n) is 13.0. The minimum Gasteiger partial charge on any atom is -0.264 e. The molecule has 0 radical (unpaired) electrons. The number of nitrogens with zero attached hydrogens (tertiary/aromatic N) is 1. The molecule has 1 heterocycles. The van der Waals surface area contributed by atoms with E-state index in [1.54, 1.807) is 0 Å². The Balaban J connectivity index is 2.14. The van der Waals surface area contributed by atoms with Crippen molar-refractivity contribution < 1.29 is 0 Å². The minimum absolute atomic E-state index is 0.0753. The molecule has 0 saturated heterocycles. The van der Waals surface area contributed by atoms with Crippen LogP contribution in [0.4, 0.5) is 0 Å². The minimum atomic E-state index is 0.0753. The largest absolute Gasteiger partial charge is 0.264 e. The Hall–Kier alpha value is -1.50. The summed E-state index contributed by atoms with van der Waals surface area (Å²) in [5.41, 5.74) is 11.1. The van der Waals surface area contributed by atoms with E-state index in [0.717, 1.165) is 5.92 Å². The summed E-state index contributed by atoms with van der Waals surface area (Å²) in [5.74, 6) is 0.794. The summed E-state index contributed by atoms with van der Waals surface area (Å²) in [6.07, 6.45) is 6.94. The van der Waals surface area contributed by atoms with Crippen LogP contribution in [0.25, 0.3) is 11.3 Å². The number of aryl methyl sites for hydroxylation is 1. The Bertz CT molecular complexity index is 984. The number of benzene rings is 1. The summed E-state index contributed by atoms with van der Waals surface area (Å²) in [6, 6.07) is 7.20. The molecular weight excluding hydrogens is 384 g/mol. The summed E-state index contributed by atoms with van der Waals surface area (Å²) in [6.45, 7) is 21.2. The van der Waals surface area contributed by atoms with Gasteiger partial charge in [-0.1, -0.05) is 98.3 Å². The van der Waals surface area contributed by atoms with Crippen LogP contribution in [0.2, 0.25) is 0 Å². The monoisotopic (exact) mass is 429 g/mol. The lowest BCUT2D eigenvalue weighted by molar-refractivity contribution is 0.236. The first kappa shape index (κ1) is 25.1. The first-order valence-corrected chi connectivity index (χ1v) is 12.8. The van der Waals surface area contributed by atoms with Gasteiger partial charge in [-0.25, -0.2) is 0 Å². The first-order valence-electron chi connectivity index (χ1n) is 12.8. The molecule has 32 heavy (non-hydrogen) atoms. The van der Waals surface area contributed by atoms with Crippen LogP contribution < -0.4 is 11.1 Å². The lowest BCUT2D eigenvalue weighted by Crippen LogP contribution is -2.39. The highest BCUT2D eigenvalue weighted by Crippen LogP contribution is 2.42. The molecule has 1 saturated carbocycles. The molecule has 1 fully saturated rings. The standard InChI is InChI=1S/C29H45B2N/c1-18-17-20(29(8,9)19-13-11-10-12-14-19)15-16-21(18)25-24(30)22(27(2,3)4)23(26(31)32-25)28(5,6)7/h15-17,19H,10-14,30-31H2,1-9H3. The molecule has 3 heteroatoms. The molecule has 0 aliphatic heterocycles. The third-order valence-electron chi connectivity index (χ3n) is 7.97. The lowest BCUT2D eigenvalue weighted by atomic mass is 9.65. The van der Waals surface area contributed by atoms with E-state index in [9.17, 15) is 0 Å². The molecule has 1 aromatic carbocycles.